The van der Waals surface area contributed by atoms with Crippen LogP contribution in [-0.2, 0) is 10.8 Å². The Morgan fingerprint density at radius 2 is 0.521 bits per heavy atom. The van der Waals surface area contributed by atoms with E-state index in [2.05, 4.69) is 265 Å². The normalized spacial score (nSPS) is 13.6. The van der Waals surface area contributed by atoms with Crippen LogP contribution in [0.4, 0.5) is 42.9 Å². The second-order valence-electron chi connectivity index (χ2n) is 25.5. The fourth-order valence-electron chi connectivity index (χ4n) is 17.5. The molecule has 0 heterocycles. The molecule has 0 radical (unpaired) electrons. The number of anilines is 6. The number of benzene rings is 16. The number of hydrogen-bond acceptors (Lipinski definition) is 2. The Balaban J connectivity index is 0.860. The van der Waals surface area contributed by atoms with Crippen LogP contribution in [0.15, 0.2) is 328 Å². The van der Waals surface area contributed by atoms with Crippen LogP contribution in [0.1, 0.15) is 44.5 Å². The summed E-state index contributed by atoms with van der Waals surface area (Å²) in [5.41, 5.74) is 25.6. The van der Waals surface area contributed by atoms with E-state index in [0.29, 0.717) is 11.4 Å². The van der Waals surface area contributed by atoms with Crippen molar-refractivity contribution in [2.45, 2.75) is 10.8 Å². The minimum Gasteiger partial charge on any atom is -0.306 e. The molecule has 94 heavy (non-hydrogen) atoms. The molecule has 20 rings (SSSR count). The second-order valence-corrected chi connectivity index (χ2v) is 25.5. The van der Waals surface area contributed by atoms with Gasteiger partial charge in [-0.25, -0.2) is 8.78 Å². The highest BCUT2D eigenvalue weighted by Gasteiger charge is 2.54. The van der Waals surface area contributed by atoms with Crippen molar-refractivity contribution in [3.8, 4) is 66.8 Å². The molecule has 0 N–H and O–H groups in total. The second kappa shape index (κ2) is 19.8. The molecule has 0 aliphatic heterocycles. The van der Waals surface area contributed by atoms with Crippen molar-refractivity contribution >= 4 is 66.4 Å². The first-order valence-electron chi connectivity index (χ1n) is 32.4. The van der Waals surface area contributed by atoms with Crippen LogP contribution in [0.2, 0.25) is 0 Å². The average molecular weight is 1200 g/mol. The van der Waals surface area contributed by atoms with Crippen LogP contribution in [0.25, 0.3) is 99.1 Å². The molecule has 16 aromatic rings. The zero-order valence-electron chi connectivity index (χ0n) is 50.8. The molecule has 0 saturated heterocycles. The summed E-state index contributed by atoms with van der Waals surface area (Å²) in [6, 6.07) is 116. The predicted octanol–water partition coefficient (Wildman–Crippen LogP) is 23.8. The minimum atomic E-state index is -0.635. The molecule has 0 aromatic heterocycles. The Kier molecular flexibility index (Phi) is 11.1. The molecule has 0 fully saturated rings. The van der Waals surface area contributed by atoms with Crippen molar-refractivity contribution in [1.82, 2.24) is 0 Å². The molecule has 2 spiro atoms. The van der Waals surface area contributed by atoms with Crippen LogP contribution >= 0.6 is 0 Å². The molecule has 0 bridgehead atoms. The number of halogens is 2. The first-order valence-corrected chi connectivity index (χ1v) is 32.4. The van der Waals surface area contributed by atoms with Crippen molar-refractivity contribution in [3.05, 3.63) is 384 Å². The lowest BCUT2D eigenvalue weighted by Crippen LogP contribution is -2.26. The van der Waals surface area contributed by atoms with Crippen molar-refractivity contribution in [2.24, 2.45) is 0 Å². The van der Waals surface area contributed by atoms with Crippen molar-refractivity contribution in [2.75, 3.05) is 9.80 Å². The van der Waals surface area contributed by atoms with E-state index >= 15 is 8.78 Å². The molecule has 438 valence electrons. The Bertz CT molecular complexity index is 5420. The fraction of sp³-hybridized carbons (Fsp3) is 0.0222. The first kappa shape index (κ1) is 52.8. The maximum absolute atomic E-state index is 18.0. The lowest BCUT2D eigenvalue weighted by molar-refractivity contribution is 0.628. The fourth-order valence-corrected chi connectivity index (χ4v) is 17.5. The minimum absolute atomic E-state index is 0.346. The van der Waals surface area contributed by atoms with Crippen LogP contribution in [0.3, 0.4) is 0 Å². The monoisotopic (exact) mass is 1200 g/mol. The van der Waals surface area contributed by atoms with Gasteiger partial charge in [0.25, 0.3) is 0 Å². The molecule has 2 nitrogen and oxygen atoms in total. The lowest BCUT2D eigenvalue weighted by Gasteiger charge is -2.33. The maximum atomic E-state index is 18.0. The summed E-state index contributed by atoms with van der Waals surface area (Å²) < 4.78 is 36.1. The van der Waals surface area contributed by atoms with Crippen molar-refractivity contribution in [1.29, 1.82) is 0 Å². The molecular weight excluding hydrogens is 1150 g/mol. The Morgan fingerprint density at radius 3 is 0.894 bits per heavy atom. The van der Waals surface area contributed by atoms with Crippen molar-refractivity contribution in [3.63, 3.8) is 0 Å². The summed E-state index contributed by atoms with van der Waals surface area (Å²) in [5, 5.41) is 6.03. The van der Waals surface area contributed by atoms with Gasteiger partial charge in [0.2, 0.25) is 0 Å². The molecule has 0 saturated carbocycles. The Morgan fingerprint density at radius 1 is 0.213 bits per heavy atom. The topological polar surface area (TPSA) is 6.48 Å². The van der Waals surface area contributed by atoms with Crippen LogP contribution in [0.5, 0.6) is 0 Å². The first-order chi connectivity index (χ1) is 46.5. The highest BCUT2D eigenvalue weighted by molar-refractivity contribution is 6.28. The van der Waals surface area contributed by atoms with Gasteiger partial charge in [0.15, 0.2) is 0 Å². The van der Waals surface area contributed by atoms with E-state index in [0.717, 1.165) is 111 Å². The largest absolute Gasteiger partial charge is 0.306 e. The summed E-state index contributed by atoms with van der Waals surface area (Å²) in [7, 11) is 0. The van der Waals surface area contributed by atoms with Gasteiger partial charge in [-0.3, -0.25) is 0 Å². The van der Waals surface area contributed by atoms with E-state index in [1.165, 1.54) is 55.6 Å². The molecule has 4 heteroatoms. The lowest BCUT2D eigenvalue weighted by atomic mass is 9.70. The van der Waals surface area contributed by atoms with Gasteiger partial charge in [0.1, 0.15) is 11.6 Å². The summed E-state index contributed by atoms with van der Waals surface area (Å²) >= 11 is 0. The smallest absolute Gasteiger partial charge is 0.147 e. The van der Waals surface area contributed by atoms with E-state index in [1.807, 2.05) is 60.7 Å². The third-order valence-electron chi connectivity index (χ3n) is 21.2. The SMILES string of the molecule is Fc1ccc(-c2ccccc2)cc1N(c1cccc2c1-c1ccccc1C21c2ccccc2-c2ccccc21)c1ccc2ccc3c(N(c4cc(-c5ccccc5)ccc4F)c4cccc5c4-c4ccccc4C54c5ccccc5-c5ccccc54)ccc4ccc1c2c43. The van der Waals surface area contributed by atoms with Crippen LogP contribution < -0.4 is 9.80 Å². The quantitative estimate of drug-likeness (QED) is 0.140. The van der Waals surface area contributed by atoms with Gasteiger partial charge < -0.3 is 9.80 Å². The summed E-state index contributed by atoms with van der Waals surface area (Å²) in [6.45, 7) is 0. The molecule has 0 atom stereocenters. The summed E-state index contributed by atoms with van der Waals surface area (Å²) in [6.07, 6.45) is 0. The number of hydrogen-bond donors (Lipinski definition) is 0. The zero-order valence-corrected chi connectivity index (χ0v) is 50.8. The van der Waals surface area contributed by atoms with Crippen LogP contribution in [0, 0.1) is 11.6 Å². The van der Waals surface area contributed by atoms with E-state index in [9.17, 15) is 0 Å². The van der Waals surface area contributed by atoms with E-state index < -0.39 is 10.8 Å². The average Bonchev–Trinajstić information content (AvgIpc) is 1.52. The van der Waals surface area contributed by atoms with E-state index in [-0.39, 0.29) is 11.6 Å². The standard InChI is InChI=1S/C90H54F2N2/c91-77-49-43-59(55-21-3-1-4-22-55)53-83(77)93(81-39-19-37-75-87(81)65-29-11-17-35-73(65)89(75)69-31-13-7-25-61(69)62-26-8-14-32-70(62)89)79-51-45-57-42-48-68-80(52-46-58-41-47-67(79)85(57)86(58)68)94(84-54-60(44-50-78(84)92)56-23-5-2-6-24-56)82-40-20-38-76-88(82)66-30-12-18-36-74(66)90(76)71-33-15-9-27-63(71)64-28-10-16-34-72(64)90/h1-54H. The predicted molar refractivity (Wildman–Crippen MR) is 383 cm³/mol. The van der Waals surface area contributed by atoms with Gasteiger partial charge >= 0.3 is 0 Å². The number of fused-ring (bicyclic) bond motifs is 20. The molecule has 4 aliphatic carbocycles. The number of rotatable bonds is 8. The third-order valence-corrected chi connectivity index (χ3v) is 21.2. The van der Waals surface area contributed by atoms with E-state index in [4.69, 9.17) is 0 Å². The van der Waals surface area contributed by atoms with Gasteiger partial charge in [-0.2, -0.15) is 0 Å². The summed E-state index contributed by atoms with van der Waals surface area (Å²) in [4.78, 5) is 4.40. The van der Waals surface area contributed by atoms with E-state index in [1.54, 1.807) is 12.1 Å². The Labute approximate surface area is 543 Å². The molecular formula is C90H54F2N2. The van der Waals surface area contributed by atoms with Gasteiger partial charge in [-0.15, -0.1) is 0 Å². The van der Waals surface area contributed by atoms with Gasteiger partial charge in [-0.1, -0.05) is 279 Å². The van der Waals surface area contributed by atoms with Crippen LogP contribution in [-0.4, -0.2) is 0 Å². The zero-order chi connectivity index (χ0) is 62.0. The number of nitrogens with zero attached hydrogens (tertiary/aromatic N) is 2. The third kappa shape index (κ3) is 6.96. The molecule has 4 aliphatic rings. The Hall–Kier alpha value is -12.0. The van der Waals surface area contributed by atoms with Gasteiger partial charge in [-0.05, 0) is 170 Å². The van der Waals surface area contributed by atoms with Gasteiger partial charge in [0, 0.05) is 21.9 Å². The van der Waals surface area contributed by atoms with Gasteiger partial charge in [0.05, 0.1) is 45.0 Å². The highest BCUT2D eigenvalue weighted by Crippen LogP contribution is 2.67. The van der Waals surface area contributed by atoms with Crippen molar-refractivity contribution < 1.29 is 8.78 Å². The maximum Gasteiger partial charge on any atom is 0.147 e. The summed E-state index contributed by atoms with van der Waals surface area (Å²) in [5.74, 6) is -0.692. The highest BCUT2D eigenvalue weighted by atomic mass is 19.1. The molecule has 0 unspecified atom stereocenters. The molecule has 16 aromatic carbocycles. The molecule has 0 amide bonds.